The number of benzene rings is 1. The lowest BCUT2D eigenvalue weighted by molar-refractivity contribution is -0.120. The van der Waals surface area contributed by atoms with E-state index in [1.807, 2.05) is 24.3 Å². The molecule has 0 spiro atoms. The van der Waals surface area contributed by atoms with Gasteiger partial charge in [0, 0.05) is 16.6 Å². The van der Waals surface area contributed by atoms with Gasteiger partial charge < -0.3 is 9.73 Å². The standard InChI is InChI=1S/C14H14BrN3O2S/c1-3-8-16-12(19)9(2)21-14-18-17-13(20-14)10-4-6-11(15)7-5-10/h3-7,9H,1,8H2,2H3,(H,16,19)/t9-/m1/s1. The molecule has 0 saturated carbocycles. The molecule has 110 valence electrons. The van der Waals surface area contributed by atoms with Gasteiger partial charge in [0.05, 0.1) is 5.25 Å². The molecule has 1 amide bonds. The van der Waals surface area contributed by atoms with Crippen LogP contribution in [0, 0.1) is 0 Å². The fourth-order valence-corrected chi connectivity index (χ4v) is 2.46. The number of aromatic nitrogens is 2. The first-order valence-electron chi connectivity index (χ1n) is 6.25. The van der Waals surface area contributed by atoms with Gasteiger partial charge in [-0.15, -0.1) is 16.8 Å². The Labute approximate surface area is 135 Å². The number of carbonyl (C=O) groups excluding carboxylic acids is 1. The normalized spacial score (nSPS) is 11.9. The summed E-state index contributed by atoms with van der Waals surface area (Å²) in [4.78, 5) is 11.7. The molecule has 0 aliphatic heterocycles. The Hall–Kier alpha value is -1.60. The summed E-state index contributed by atoms with van der Waals surface area (Å²) in [5.41, 5.74) is 0.835. The van der Waals surface area contributed by atoms with Crippen molar-refractivity contribution in [3.63, 3.8) is 0 Å². The van der Waals surface area contributed by atoms with E-state index in [2.05, 4.69) is 38.0 Å². The second-order valence-electron chi connectivity index (χ2n) is 4.17. The largest absolute Gasteiger partial charge is 0.411 e. The summed E-state index contributed by atoms with van der Waals surface area (Å²) in [6, 6.07) is 7.56. The summed E-state index contributed by atoms with van der Waals surface area (Å²) in [6.45, 7) is 5.78. The number of nitrogens with one attached hydrogen (secondary N) is 1. The van der Waals surface area contributed by atoms with Crippen LogP contribution in [0.2, 0.25) is 0 Å². The predicted molar refractivity (Wildman–Crippen MR) is 86.0 cm³/mol. The monoisotopic (exact) mass is 367 g/mol. The van der Waals surface area contributed by atoms with E-state index in [-0.39, 0.29) is 11.2 Å². The van der Waals surface area contributed by atoms with Crippen molar-refractivity contribution >= 4 is 33.6 Å². The van der Waals surface area contributed by atoms with Crippen molar-refractivity contribution in [2.24, 2.45) is 0 Å². The smallest absolute Gasteiger partial charge is 0.277 e. The van der Waals surface area contributed by atoms with E-state index in [4.69, 9.17) is 4.42 Å². The molecular formula is C14H14BrN3O2S. The molecule has 1 atom stereocenters. The van der Waals surface area contributed by atoms with Gasteiger partial charge in [-0.05, 0) is 31.2 Å². The van der Waals surface area contributed by atoms with Crippen molar-refractivity contribution in [2.75, 3.05) is 6.54 Å². The van der Waals surface area contributed by atoms with Crippen molar-refractivity contribution in [2.45, 2.75) is 17.4 Å². The summed E-state index contributed by atoms with van der Waals surface area (Å²) < 4.78 is 6.54. The number of amides is 1. The van der Waals surface area contributed by atoms with Crippen LogP contribution in [0.4, 0.5) is 0 Å². The number of hydrogen-bond donors (Lipinski definition) is 1. The Kier molecular flexibility index (Phi) is 5.58. The SMILES string of the molecule is C=CCNC(=O)[C@@H](C)Sc1nnc(-c2ccc(Br)cc2)o1. The minimum absolute atomic E-state index is 0.0942. The zero-order valence-corrected chi connectivity index (χ0v) is 13.8. The van der Waals surface area contributed by atoms with E-state index in [9.17, 15) is 4.79 Å². The summed E-state index contributed by atoms with van der Waals surface area (Å²) in [5, 5.41) is 10.7. The highest BCUT2D eigenvalue weighted by Crippen LogP contribution is 2.26. The molecule has 0 bridgehead atoms. The topological polar surface area (TPSA) is 68.0 Å². The molecule has 2 rings (SSSR count). The van der Waals surface area contributed by atoms with Crippen LogP contribution in [0.3, 0.4) is 0 Å². The van der Waals surface area contributed by atoms with Gasteiger partial charge in [-0.3, -0.25) is 4.79 Å². The Morgan fingerprint density at radius 3 is 2.86 bits per heavy atom. The number of rotatable bonds is 6. The Morgan fingerprint density at radius 1 is 1.48 bits per heavy atom. The molecular weight excluding hydrogens is 354 g/mol. The molecule has 0 unspecified atom stereocenters. The van der Waals surface area contributed by atoms with Gasteiger partial charge in [-0.25, -0.2) is 0 Å². The molecule has 0 fully saturated rings. The van der Waals surface area contributed by atoms with Crippen molar-refractivity contribution in [1.82, 2.24) is 15.5 Å². The Bertz CT molecular complexity index is 627. The highest BCUT2D eigenvalue weighted by Gasteiger charge is 2.18. The lowest BCUT2D eigenvalue weighted by Gasteiger charge is -2.07. The maximum atomic E-state index is 11.7. The molecule has 1 N–H and O–H groups in total. The summed E-state index contributed by atoms with van der Waals surface area (Å²) in [5.74, 6) is 0.340. The van der Waals surface area contributed by atoms with Crippen LogP contribution < -0.4 is 5.32 Å². The van der Waals surface area contributed by atoms with E-state index in [1.165, 1.54) is 11.8 Å². The number of thioether (sulfide) groups is 1. The second-order valence-corrected chi connectivity index (χ2v) is 6.38. The highest BCUT2D eigenvalue weighted by atomic mass is 79.9. The molecule has 0 aliphatic rings. The van der Waals surface area contributed by atoms with Crippen LogP contribution in [0.5, 0.6) is 0 Å². The predicted octanol–water partition coefficient (Wildman–Crippen LogP) is 3.28. The first-order chi connectivity index (χ1) is 10.1. The van der Waals surface area contributed by atoms with Crippen LogP contribution in [0.15, 0.2) is 51.0 Å². The molecule has 2 aromatic rings. The van der Waals surface area contributed by atoms with Crippen molar-refractivity contribution in [3.8, 4) is 11.5 Å². The van der Waals surface area contributed by atoms with Gasteiger partial charge in [0.1, 0.15) is 0 Å². The van der Waals surface area contributed by atoms with E-state index < -0.39 is 0 Å². The van der Waals surface area contributed by atoms with Crippen LogP contribution in [0.25, 0.3) is 11.5 Å². The molecule has 0 saturated heterocycles. The summed E-state index contributed by atoms with van der Waals surface area (Å²) >= 11 is 4.60. The minimum atomic E-state index is -0.317. The van der Waals surface area contributed by atoms with Crippen molar-refractivity contribution in [1.29, 1.82) is 0 Å². The molecule has 5 nitrogen and oxygen atoms in total. The van der Waals surface area contributed by atoms with E-state index >= 15 is 0 Å². The van der Waals surface area contributed by atoms with Gasteiger partial charge in [0.2, 0.25) is 11.8 Å². The maximum Gasteiger partial charge on any atom is 0.277 e. The van der Waals surface area contributed by atoms with Crippen molar-refractivity contribution in [3.05, 3.63) is 41.4 Å². The first kappa shape index (κ1) is 15.8. The van der Waals surface area contributed by atoms with Gasteiger partial charge in [0.25, 0.3) is 5.22 Å². The van der Waals surface area contributed by atoms with Crippen LogP contribution in [0.1, 0.15) is 6.92 Å². The van der Waals surface area contributed by atoms with Crippen molar-refractivity contribution < 1.29 is 9.21 Å². The number of halogens is 1. The highest BCUT2D eigenvalue weighted by molar-refractivity contribution is 9.10. The Morgan fingerprint density at radius 2 is 2.19 bits per heavy atom. The first-order valence-corrected chi connectivity index (χ1v) is 7.92. The van der Waals surface area contributed by atoms with E-state index in [0.717, 1.165) is 10.0 Å². The third kappa shape index (κ3) is 4.44. The number of hydrogen-bond acceptors (Lipinski definition) is 5. The van der Waals surface area contributed by atoms with Gasteiger partial charge in [0.15, 0.2) is 0 Å². The molecule has 0 radical (unpaired) electrons. The molecule has 1 aromatic carbocycles. The zero-order valence-electron chi connectivity index (χ0n) is 11.4. The van der Waals surface area contributed by atoms with E-state index in [0.29, 0.717) is 17.7 Å². The third-order valence-corrected chi connectivity index (χ3v) is 4.03. The van der Waals surface area contributed by atoms with Crippen LogP contribution in [-0.2, 0) is 4.79 Å². The summed E-state index contributed by atoms with van der Waals surface area (Å²) in [7, 11) is 0. The molecule has 7 heteroatoms. The second kappa shape index (κ2) is 7.42. The summed E-state index contributed by atoms with van der Waals surface area (Å²) in [6.07, 6.45) is 1.63. The lowest BCUT2D eigenvalue weighted by atomic mass is 10.2. The lowest BCUT2D eigenvalue weighted by Crippen LogP contribution is -2.30. The molecule has 21 heavy (non-hydrogen) atoms. The van der Waals surface area contributed by atoms with Gasteiger partial charge in [-0.2, -0.15) is 0 Å². The van der Waals surface area contributed by atoms with Crippen LogP contribution >= 0.6 is 27.7 Å². The van der Waals surface area contributed by atoms with Gasteiger partial charge in [-0.1, -0.05) is 33.8 Å². The fraction of sp³-hybridized carbons (Fsp3) is 0.214. The molecule has 1 heterocycles. The molecule has 1 aromatic heterocycles. The Balaban J connectivity index is 2.01. The van der Waals surface area contributed by atoms with E-state index in [1.54, 1.807) is 13.0 Å². The number of nitrogens with zero attached hydrogens (tertiary/aromatic N) is 2. The molecule has 0 aliphatic carbocycles. The third-order valence-electron chi connectivity index (χ3n) is 2.57. The number of carbonyl (C=O) groups is 1. The maximum absolute atomic E-state index is 11.7. The van der Waals surface area contributed by atoms with Crippen LogP contribution in [-0.4, -0.2) is 27.9 Å². The zero-order chi connectivity index (χ0) is 15.2. The minimum Gasteiger partial charge on any atom is -0.411 e. The average Bonchev–Trinajstić information content (AvgIpc) is 2.93. The fourth-order valence-electron chi connectivity index (χ4n) is 1.49. The average molecular weight is 368 g/mol. The van der Waals surface area contributed by atoms with Gasteiger partial charge >= 0.3 is 0 Å². The quantitative estimate of drug-likeness (QED) is 0.626.